The number of thiophene rings is 4. The Morgan fingerprint density at radius 2 is 0.948 bits per heavy atom. The first-order chi connectivity index (χ1) is 46.8. The molecule has 0 amide bonds. The van der Waals surface area contributed by atoms with Gasteiger partial charge in [0.15, 0.2) is 0 Å². The SMILES string of the molecule is CCCCCCCCCCCCOC1=C(C)C(=N)C(=N[SeH])C(c2ccc(-c3ccc(-c4ccc(-c5c(OCCCCCCCCCCCC)c(C)c(-c6cc7c(OCC(CC)CCCC)c8sc(C)cc8c(OCC(CC)CCCC)c7s6)c6n[se]nc56)s4)c(F)c3F)s2)=C1C. The van der Waals surface area contributed by atoms with Crippen LogP contribution < -0.4 is 14.2 Å². The topological polar surface area (TPSA) is 98.9 Å². The standard InChI is InChI=1S/C80H106F2N4O4S4Se2/c1-11-17-21-23-25-27-29-31-33-35-45-87-75-52(8)66(72(84-95)71(83)54(75)10)63-43-41-61(92-63)57-39-40-58(70(82)69(57)81)62-42-44-64(93-62)68-74-73(85-96-86-74)67(53(9)76(68)88-46-36-34-32-30-28-26-24-22-18-12-2)65-48-60-78(90-50-56(16-6)38-20-14-4)79-59(47-51(7)91-79)77(80(60)94-65)89-49-55(15-5)37-19-13-3/h39-44,47-48,55-56,83,95H,11-38,45-46,49-50H2,1-10H3. The molecule has 520 valence electrons. The Balaban J connectivity index is 1.04. The first kappa shape index (κ1) is 75.7. The van der Waals surface area contributed by atoms with Crippen LogP contribution in [0.15, 0.2) is 69.4 Å². The van der Waals surface area contributed by atoms with Crippen LogP contribution >= 0.6 is 45.3 Å². The van der Waals surface area contributed by atoms with Gasteiger partial charge in [-0.3, -0.25) is 0 Å². The monoisotopic (exact) mass is 1510 g/mol. The second-order valence-corrected chi connectivity index (χ2v) is 32.7. The van der Waals surface area contributed by atoms with E-state index in [0.29, 0.717) is 65.2 Å². The van der Waals surface area contributed by atoms with Gasteiger partial charge < -0.3 is 0 Å². The second-order valence-electron chi connectivity index (χ2n) is 26.7. The number of nitrogens with zero attached hydrogens (tertiary/aromatic N) is 3. The summed E-state index contributed by atoms with van der Waals surface area (Å²) < 4.78 is 79.2. The number of benzene rings is 3. The van der Waals surface area contributed by atoms with Crippen molar-refractivity contribution in [3.05, 3.63) is 92.4 Å². The molecule has 0 bridgehead atoms. The van der Waals surface area contributed by atoms with Crippen LogP contribution in [0, 0.1) is 42.7 Å². The summed E-state index contributed by atoms with van der Waals surface area (Å²) >= 11 is 8.17. The van der Waals surface area contributed by atoms with E-state index >= 15 is 8.78 Å². The third kappa shape index (κ3) is 18.5. The summed E-state index contributed by atoms with van der Waals surface area (Å²) in [6.07, 6.45) is 33.7. The van der Waals surface area contributed by atoms with E-state index in [-0.39, 0.29) is 11.1 Å². The first-order valence-electron chi connectivity index (χ1n) is 36.5. The number of unbranched alkanes of at least 4 members (excludes halogenated alkanes) is 20. The van der Waals surface area contributed by atoms with Gasteiger partial charge in [-0.05, 0) is 0 Å². The molecule has 5 heterocycles. The molecule has 1 aliphatic carbocycles. The van der Waals surface area contributed by atoms with E-state index < -0.39 is 26.6 Å². The number of rotatable bonds is 43. The maximum atomic E-state index is 17.0. The Morgan fingerprint density at radius 1 is 0.490 bits per heavy atom. The average Bonchev–Trinajstić information content (AvgIpc) is 1.58. The van der Waals surface area contributed by atoms with E-state index in [1.807, 2.05) is 38.1 Å². The van der Waals surface area contributed by atoms with E-state index in [9.17, 15) is 5.41 Å². The minimum atomic E-state index is -0.905. The van der Waals surface area contributed by atoms with Crippen molar-refractivity contribution in [1.82, 2.24) is 7.96 Å². The molecule has 1 aliphatic rings. The summed E-state index contributed by atoms with van der Waals surface area (Å²) in [5, 5.41) is 11.4. The van der Waals surface area contributed by atoms with Crippen molar-refractivity contribution in [2.45, 2.75) is 249 Å². The predicted molar refractivity (Wildman–Crippen MR) is 414 cm³/mol. The summed E-state index contributed by atoms with van der Waals surface area (Å²) in [4.78, 5) is 5.16. The number of hydrogen-bond donors (Lipinski definition) is 1. The molecule has 0 radical (unpaired) electrons. The van der Waals surface area contributed by atoms with Crippen LogP contribution in [0.3, 0.4) is 0 Å². The third-order valence-electron chi connectivity index (χ3n) is 19.5. The van der Waals surface area contributed by atoms with Crippen LogP contribution in [-0.2, 0) is 4.74 Å². The van der Waals surface area contributed by atoms with E-state index in [0.717, 1.165) is 161 Å². The Morgan fingerprint density at radius 3 is 1.47 bits per heavy atom. The van der Waals surface area contributed by atoms with Crippen molar-refractivity contribution < 1.29 is 27.7 Å². The van der Waals surface area contributed by atoms with Gasteiger partial charge in [-0.15, -0.1) is 0 Å². The fourth-order valence-electron chi connectivity index (χ4n) is 13.5. The molecule has 8 aromatic rings. The minimum absolute atomic E-state index is 0.181. The molecule has 0 fully saturated rings. The van der Waals surface area contributed by atoms with Crippen LogP contribution in [0.1, 0.15) is 250 Å². The van der Waals surface area contributed by atoms with Crippen molar-refractivity contribution in [2.75, 3.05) is 26.4 Å². The zero-order chi connectivity index (χ0) is 68.1. The summed E-state index contributed by atoms with van der Waals surface area (Å²) in [7, 11) is 0. The summed E-state index contributed by atoms with van der Waals surface area (Å²) in [6.45, 7) is 24.3. The van der Waals surface area contributed by atoms with Crippen LogP contribution in [0.5, 0.6) is 17.2 Å². The maximum absolute atomic E-state index is 17.0. The first-order valence-corrected chi connectivity index (χ1v) is 42.2. The summed E-state index contributed by atoms with van der Waals surface area (Å²) in [6, 6.07) is 15.7. The molecular formula is C80H106F2N4O4S4Se2. The van der Waals surface area contributed by atoms with Crippen LogP contribution in [0.2, 0.25) is 0 Å². The number of fused-ring (bicyclic) bond motifs is 3. The molecule has 0 saturated carbocycles. The molecule has 1 N–H and O–H groups in total. The Bertz CT molecular complexity index is 3870. The number of nitrogens with one attached hydrogen (secondary N) is 1. The van der Waals surface area contributed by atoms with Crippen molar-refractivity contribution in [2.24, 2.45) is 15.8 Å². The summed E-state index contributed by atoms with van der Waals surface area (Å²) in [5.74, 6) is 2.44. The number of aryl methyl sites for hydroxylation is 1. The van der Waals surface area contributed by atoms with E-state index in [2.05, 4.69) is 87.8 Å². The molecule has 2 atom stereocenters. The van der Waals surface area contributed by atoms with Crippen molar-refractivity contribution in [3.63, 3.8) is 0 Å². The predicted octanol–water partition coefficient (Wildman–Crippen LogP) is 25.6. The molecule has 8 nitrogen and oxygen atoms in total. The normalized spacial score (nSPS) is 14.1. The summed E-state index contributed by atoms with van der Waals surface area (Å²) in [5.41, 5.74) is 8.11. The molecule has 0 saturated heterocycles. The van der Waals surface area contributed by atoms with Gasteiger partial charge in [0.2, 0.25) is 0 Å². The Hall–Kier alpha value is -4.50. The zero-order valence-electron chi connectivity index (χ0n) is 59.1. The molecule has 0 aliphatic heterocycles. The van der Waals surface area contributed by atoms with Gasteiger partial charge in [-0.25, -0.2) is 0 Å². The molecule has 2 unspecified atom stereocenters. The van der Waals surface area contributed by atoms with Gasteiger partial charge in [0.25, 0.3) is 0 Å². The number of ether oxygens (including phenoxy) is 4. The van der Waals surface area contributed by atoms with Crippen LogP contribution in [0.25, 0.3) is 78.5 Å². The second kappa shape index (κ2) is 38.3. The number of allylic oxidation sites excluding steroid dienone is 3. The number of aromatic nitrogens is 2. The molecule has 9 rings (SSSR count). The van der Waals surface area contributed by atoms with E-state index in [1.54, 1.807) is 34.8 Å². The zero-order valence-corrected chi connectivity index (χ0v) is 66.0. The van der Waals surface area contributed by atoms with E-state index in [1.165, 1.54) is 143 Å². The third-order valence-corrected chi connectivity index (χ3v) is 25.5. The van der Waals surface area contributed by atoms with Crippen LogP contribution in [-0.4, -0.2) is 77.0 Å². The Labute approximate surface area is 603 Å². The quantitative estimate of drug-likeness (QED) is 0.0232. The Kier molecular flexibility index (Phi) is 30.2. The van der Waals surface area contributed by atoms with Crippen molar-refractivity contribution in [3.8, 4) is 59.0 Å². The molecular weight excluding hydrogens is 1410 g/mol. The fraction of sp³-hybridized carbons (Fsp3) is 0.550. The molecule has 0 spiro atoms. The average molecular weight is 1510 g/mol. The number of hydrogen-bond acceptors (Lipinski definition) is 12. The van der Waals surface area contributed by atoms with Crippen molar-refractivity contribution in [1.29, 1.82) is 5.41 Å². The van der Waals surface area contributed by atoms with Crippen LogP contribution in [0.4, 0.5) is 8.78 Å². The fourth-order valence-corrected chi connectivity index (χ4v) is 19.6. The molecule has 16 heteroatoms. The van der Waals surface area contributed by atoms with Gasteiger partial charge in [-0.1, -0.05) is 98.3 Å². The molecule has 5 aromatic heterocycles. The molecule has 96 heavy (non-hydrogen) atoms. The van der Waals surface area contributed by atoms with Gasteiger partial charge in [-0.2, -0.15) is 0 Å². The van der Waals surface area contributed by atoms with E-state index in [4.69, 9.17) is 26.9 Å². The van der Waals surface area contributed by atoms with Gasteiger partial charge in [0.1, 0.15) is 0 Å². The van der Waals surface area contributed by atoms with Crippen molar-refractivity contribution >= 4 is 125 Å². The molecule has 3 aromatic carbocycles. The van der Waals surface area contributed by atoms with Gasteiger partial charge >= 0.3 is 510 Å². The van der Waals surface area contributed by atoms with Gasteiger partial charge in [0.05, 0.1) is 0 Å². The van der Waals surface area contributed by atoms with Gasteiger partial charge in [0, 0.05) is 0 Å². The number of halogens is 2.